The fraction of sp³-hybridized carbons (Fsp3) is 0. The van der Waals surface area contributed by atoms with E-state index in [9.17, 15) is 57.7 Å². The van der Waals surface area contributed by atoms with Crippen LogP contribution < -0.4 is 288 Å². The third-order valence-corrected chi connectivity index (χ3v) is 7.30. The molecule has 3 aromatic carbocycles. The van der Waals surface area contributed by atoms with Gasteiger partial charge in [0.15, 0.2) is 5.69 Å². The Hall–Kier alpha value is 0.342. The van der Waals surface area contributed by atoms with Crippen molar-refractivity contribution in [3.05, 3.63) is 94.3 Å². The minimum absolute atomic E-state index is 0. The summed E-state index contributed by atoms with van der Waals surface area (Å²) < 4.78 is 34.1. The monoisotopic (exact) mass is 920 g/mol. The zero-order valence-corrected chi connectivity index (χ0v) is 46.6. The van der Waals surface area contributed by atoms with Crippen molar-refractivity contribution in [3.8, 4) is 11.8 Å². The van der Waals surface area contributed by atoms with E-state index < -0.39 is 96.4 Å². The van der Waals surface area contributed by atoms with Gasteiger partial charge in [-0.1, -0.05) is 11.3 Å². The van der Waals surface area contributed by atoms with E-state index >= 15 is 0 Å². The number of rotatable bonds is 12. The number of azo groups is 1. The summed E-state index contributed by atoms with van der Waals surface area (Å²) in [6.45, 7) is 7.48. The molecule has 5 rings (SSSR count). The van der Waals surface area contributed by atoms with Crippen LogP contribution in [0.25, 0.3) is 10.8 Å². The Morgan fingerprint density at radius 1 is 0.684 bits per heavy atom. The number of nitrogens with one attached hydrogen (secondary N) is 2. The Balaban J connectivity index is 0.00000627. The summed E-state index contributed by atoms with van der Waals surface area (Å²) in [5, 5.41) is 73.6. The molecule has 0 spiro atoms. The zero-order chi connectivity index (χ0) is 37.9. The molecule has 28 heteroatoms. The predicted molar refractivity (Wildman–Crippen MR) is 160 cm³/mol. The Labute approximate surface area is 533 Å². The van der Waals surface area contributed by atoms with Gasteiger partial charge >= 0.3 is 263 Å². The van der Waals surface area contributed by atoms with E-state index in [4.69, 9.17) is 6.57 Å². The van der Waals surface area contributed by atoms with Gasteiger partial charge in [-0.15, -0.1) is 0 Å². The van der Waals surface area contributed by atoms with Crippen molar-refractivity contribution < 1.29 is 315 Å². The Kier molecular flexibility index (Phi) is 25.6. The Morgan fingerprint density at radius 3 is 1.44 bits per heavy atom. The summed E-state index contributed by atoms with van der Waals surface area (Å²) in [4.78, 5) is 60.8. The quantitative estimate of drug-likeness (QED) is 0.0453. The molecule has 0 saturated carbocycles. The molecule has 0 atom stereocenters. The van der Waals surface area contributed by atoms with Gasteiger partial charge in [-0.3, -0.25) is 0 Å². The van der Waals surface area contributed by atoms with Crippen LogP contribution in [0.3, 0.4) is 0 Å². The summed E-state index contributed by atoms with van der Waals surface area (Å²) >= 11 is 0. The molecule has 0 aliphatic rings. The van der Waals surface area contributed by atoms with Crippen LogP contribution in [0, 0.1) is 6.57 Å². The van der Waals surface area contributed by atoms with Crippen LogP contribution in [-0.2, 0) is 10.1 Å². The third kappa shape index (κ3) is 15.6. The van der Waals surface area contributed by atoms with E-state index in [-0.39, 0.29) is 274 Å². The normalized spacial score (nSPS) is 10.2. The average molecular weight is 921 g/mol. The molecule has 2 heterocycles. The molecule has 0 amide bonds. The van der Waals surface area contributed by atoms with Gasteiger partial charge in [-0.25, -0.2) is 8.42 Å². The van der Waals surface area contributed by atoms with Gasteiger partial charge in [0.25, 0.3) is 11.8 Å². The molecule has 0 unspecified atom stereocenters. The number of carboxylic acids is 4. The second-order valence-electron chi connectivity index (χ2n) is 9.95. The number of carbonyl (C=O) groups excluding carboxylic acids is 4. The van der Waals surface area contributed by atoms with Gasteiger partial charge in [-0.2, -0.15) is 25.2 Å². The predicted octanol–water partition coefficient (Wildman–Crippen LogP) is -16.4. The third-order valence-electron chi connectivity index (χ3n) is 6.45. The molecule has 2 aromatic heterocycles. The average Bonchev–Trinajstić information content (AvgIpc) is 3.41. The van der Waals surface area contributed by atoms with E-state index in [2.05, 4.69) is 45.8 Å². The molecule has 0 aliphatic heterocycles. The minimum Gasteiger partial charge on any atom is -0.744 e. The number of aromatic nitrogens is 5. The van der Waals surface area contributed by atoms with Crippen molar-refractivity contribution in [2.45, 2.75) is 4.90 Å². The standard InChI is InChI=1S/C29H18N10O12S.5K/c1-30-21-20(37-36-16-2-4-19(5-3-16)52(49,50)51)22(40)39(38-21)29-34-27(31-17-8-12(23(41)42)6-13(9-17)24(43)44)33-28(35-29)32-18-10-14(25(45)46)7-15(11-18)26(47)48;;;;;/h2-11,40H,(H,41,42)(H,43,44)(H,45,46)(H,47,48)(H,49,50,51)(H2,31,32,33,34,35);;;;;/q;5*+1/p-5. The van der Waals surface area contributed by atoms with Crippen molar-refractivity contribution in [3.63, 3.8) is 0 Å². The number of carboxylic acid groups (broad SMARTS) is 4. The smallest absolute Gasteiger partial charge is 0.744 e. The van der Waals surface area contributed by atoms with E-state index in [1.807, 2.05) is 0 Å². The van der Waals surface area contributed by atoms with Crippen molar-refractivity contribution >= 4 is 74.5 Å². The van der Waals surface area contributed by atoms with E-state index in [1.54, 1.807) is 0 Å². The summed E-state index contributed by atoms with van der Waals surface area (Å²) in [6, 6.07) is 9.37. The van der Waals surface area contributed by atoms with Crippen LogP contribution in [0.15, 0.2) is 75.8 Å². The SMILES string of the molecule is [C-]#[N+]c1nn(-c2nc(Nc3cc(C(=O)[O-])cc(C(=O)[O-])c3)nc(Nc3cc(C(=O)[O-])cc(C(=O)[O-])c3)n2)c(O)c1N=Nc1ccc(S(=O)(=O)[O-])cc1.[K+].[K+].[K+].[K+].[K+]. The molecule has 3 N–H and O–H groups in total. The van der Waals surface area contributed by atoms with Crippen molar-refractivity contribution in [2.24, 2.45) is 10.2 Å². The molecular weight excluding hydrogens is 908 g/mol. The van der Waals surface area contributed by atoms with Gasteiger partial charge in [0.1, 0.15) is 10.1 Å². The second-order valence-corrected chi connectivity index (χ2v) is 11.3. The van der Waals surface area contributed by atoms with Crippen LogP contribution in [0.5, 0.6) is 5.88 Å². The number of carbonyl (C=O) groups is 4. The summed E-state index contributed by atoms with van der Waals surface area (Å²) in [6.07, 6.45) is 0. The number of hydrogen-bond donors (Lipinski definition) is 3. The summed E-state index contributed by atoms with van der Waals surface area (Å²) in [7, 11) is -4.76. The van der Waals surface area contributed by atoms with E-state index in [0.29, 0.717) is 4.68 Å². The van der Waals surface area contributed by atoms with Crippen molar-refractivity contribution in [1.29, 1.82) is 0 Å². The molecule has 0 fully saturated rings. The van der Waals surface area contributed by atoms with Crippen LogP contribution >= 0.6 is 0 Å². The number of aromatic carboxylic acids is 4. The number of hydrogen-bond acceptors (Lipinski definition) is 20. The fourth-order valence-electron chi connectivity index (χ4n) is 4.18. The maximum absolute atomic E-state index is 11.5. The maximum atomic E-state index is 11.5. The topological polar surface area (TPSA) is 348 Å². The van der Waals surface area contributed by atoms with E-state index in [0.717, 1.165) is 60.7 Å². The molecule has 57 heavy (non-hydrogen) atoms. The fourth-order valence-corrected chi connectivity index (χ4v) is 4.65. The maximum Gasteiger partial charge on any atom is 1.00 e. The second kappa shape index (κ2) is 25.5. The molecule has 22 nitrogen and oxygen atoms in total. The first-order valence-electron chi connectivity index (χ1n) is 13.7. The van der Waals surface area contributed by atoms with Gasteiger partial charge in [-0.05, 0) is 88.0 Å². The Morgan fingerprint density at radius 2 is 1.09 bits per heavy atom. The molecule has 0 bridgehead atoms. The molecule has 0 aliphatic carbocycles. The minimum atomic E-state index is -4.76. The van der Waals surface area contributed by atoms with Crippen LogP contribution in [0.2, 0.25) is 0 Å². The first-order valence-corrected chi connectivity index (χ1v) is 15.1. The number of anilines is 4. The molecule has 262 valence electrons. The largest absolute Gasteiger partial charge is 1.00 e. The zero-order valence-electron chi connectivity index (χ0n) is 30.2. The first kappa shape index (κ1) is 57.3. The molecule has 0 radical (unpaired) electrons. The van der Waals surface area contributed by atoms with E-state index in [1.165, 1.54) is 0 Å². The van der Waals surface area contributed by atoms with Crippen LogP contribution in [-0.4, -0.2) is 66.7 Å². The van der Waals surface area contributed by atoms with Gasteiger partial charge < -0.3 is 64.7 Å². The summed E-state index contributed by atoms with van der Waals surface area (Å²) in [5.74, 6) is -10.2. The van der Waals surface area contributed by atoms with Gasteiger partial charge in [0.05, 0.1) is 34.5 Å². The Bertz CT molecular complexity index is 2360. The number of nitrogens with zero attached hydrogens (tertiary/aromatic N) is 8. The van der Waals surface area contributed by atoms with Crippen molar-refractivity contribution in [2.75, 3.05) is 10.6 Å². The number of benzene rings is 3. The number of aromatic hydroxyl groups is 1. The molecular formula is C29H13K5N10O12S. The molecule has 0 saturated heterocycles. The summed E-state index contributed by atoms with van der Waals surface area (Å²) in [5.41, 5.74) is -3.47. The van der Waals surface area contributed by atoms with Crippen LogP contribution in [0.1, 0.15) is 41.4 Å². The first-order chi connectivity index (χ1) is 24.5. The molecule has 5 aromatic rings. The van der Waals surface area contributed by atoms with Gasteiger partial charge in [0, 0.05) is 11.4 Å². The van der Waals surface area contributed by atoms with Crippen molar-refractivity contribution in [1.82, 2.24) is 24.7 Å². The van der Waals surface area contributed by atoms with Gasteiger partial charge in [0.2, 0.25) is 11.9 Å². The van der Waals surface area contributed by atoms with Crippen LogP contribution in [0.4, 0.5) is 40.5 Å².